The highest BCUT2D eigenvalue weighted by molar-refractivity contribution is 5.68. The van der Waals surface area contributed by atoms with Gasteiger partial charge in [0.05, 0.1) is 6.04 Å². The van der Waals surface area contributed by atoms with Crippen molar-refractivity contribution in [2.45, 2.75) is 51.7 Å². The van der Waals surface area contributed by atoms with E-state index in [1.54, 1.807) is 0 Å². The normalized spacial score (nSPS) is 17.4. The summed E-state index contributed by atoms with van der Waals surface area (Å²) in [6, 6.07) is 8.07. The van der Waals surface area contributed by atoms with Crippen LogP contribution < -0.4 is 5.32 Å². The molecule has 1 aromatic rings. The number of amides is 1. The van der Waals surface area contributed by atoms with Gasteiger partial charge in [0, 0.05) is 0 Å². The minimum atomic E-state index is -0.294. The van der Waals surface area contributed by atoms with E-state index in [0.29, 0.717) is 0 Å². The van der Waals surface area contributed by atoms with Gasteiger partial charge in [-0.15, -0.1) is 0 Å². The van der Waals surface area contributed by atoms with Crippen LogP contribution in [0.4, 0.5) is 4.79 Å². The molecule has 1 aliphatic carbocycles. The number of alkyl carbamates (subject to hydrolysis) is 1. The van der Waals surface area contributed by atoms with Crippen LogP contribution in [0.5, 0.6) is 0 Å². The van der Waals surface area contributed by atoms with Gasteiger partial charge in [0.15, 0.2) is 0 Å². The number of aryl methyl sites for hydroxylation is 1. The van der Waals surface area contributed by atoms with Crippen LogP contribution in [0.25, 0.3) is 0 Å². The Labute approximate surface area is 109 Å². The van der Waals surface area contributed by atoms with E-state index >= 15 is 0 Å². The molecule has 0 bridgehead atoms. The quantitative estimate of drug-likeness (QED) is 0.884. The lowest BCUT2D eigenvalue weighted by Crippen LogP contribution is -2.30. The molecule has 1 N–H and O–H groups in total. The summed E-state index contributed by atoms with van der Waals surface area (Å²) in [6.07, 6.45) is 4.18. The van der Waals surface area contributed by atoms with Crippen molar-refractivity contribution in [3.8, 4) is 0 Å². The van der Waals surface area contributed by atoms with Gasteiger partial charge in [-0.2, -0.15) is 0 Å². The second-order valence-electron chi connectivity index (χ2n) is 5.03. The molecule has 3 heteroatoms. The fraction of sp³-hybridized carbons (Fsp3) is 0.533. The summed E-state index contributed by atoms with van der Waals surface area (Å²) in [4.78, 5) is 11.8. The summed E-state index contributed by atoms with van der Waals surface area (Å²) in [5.74, 6) is 0. The van der Waals surface area contributed by atoms with Gasteiger partial charge >= 0.3 is 6.09 Å². The van der Waals surface area contributed by atoms with Crippen LogP contribution in [0, 0.1) is 6.92 Å². The predicted molar refractivity (Wildman–Crippen MR) is 71.5 cm³/mol. The predicted octanol–water partition coefficient (Wildman–Crippen LogP) is 3.72. The van der Waals surface area contributed by atoms with E-state index in [1.165, 1.54) is 18.4 Å². The molecule has 1 aromatic carbocycles. The second-order valence-corrected chi connectivity index (χ2v) is 5.03. The van der Waals surface area contributed by atoms with Crippen molar-refractivity contribution < 1.29 is 9.53 Å². The molecule has 1 aliphatic rings. The van der Waals surface area contributed by atoms with Crippen molar-refractivity contribution in [1.29, 1.82) is 0 Å². The van der Waals surface area contributed by atoms with Gasteiger partial charge < -0.3 is 10.1 Å². The molecule has 0 aromatic heterocycles. The zero-order chi connectivity index (χ0) is 13.0. The number of ether oxygens (including phenoxy) is 1. The Balaban J connectivity index is 1.88. The molecule has 2 rings (SSSR count). The van der Waals surface area contributed by atoms with Gasteiger partial charge in [-0.3, -0.25) is 0 Å². The van der Waals surface area contributed by atoms with Gasteiger partial charge in [-0.1, -0.05) is 24.3 Å². The third kappa shape index (κ3) is 3.25. The summed E-state index contributed by atoms with van der Waals surface area (Å²) < 4.78 is 5.39. The minimum Gasteiger partial charge on any atom is -0.446 e. The Bertz CT molecular complexity index is 411. The summed E-state index contributed by atoms with van der Waals surface area (Å²) in [5.41, 5.74) is 2.33. The molecule has 1 atom stereocenters. The lowest BCUT2D eigenvalue weighted by Gasteiger charge is -2.18. The van der Waals surface area contributed by atoms with E-state index in [4.69, 9.17) is 4.74 Å². The van der Waals surface area contributed by atoms with Crippen molar-refractivity contribution in [2.24, 2.45) is 0 Å². The monoisotopic (exact) mass is 247 g/mol. The summed E-state index contributed by atoms with van der Waals surface area (Å²) in [6.45, 7) is 4.04. The zero-order valence-corrected chi connectivity index (χ0v) is 11.1. The minimum absolute atomic E-state index is 0.0138. The number of nitrogens with one attached hydrogen (secondary N) is 1. The summed E-state index contributed by atoms with van der Waals surface area (Å²) in [7, 11) is 0. The van der Waals surface area contributed by atoms with Crippen molar-refractivity contribution in [3.63, 3.8) is 0 Å². The Morgan fingerprint density at radius 2 is 2.00 bits per heavy atom. The Kier molecular flexibility index (Phi) is 4.24. The van der Waals surface area contributed by atoms with Crippen LogP contribution in [0.3, 0.4) is 0 Å². The highest BCUT2D eigenvalue weighted by atomic mass is 16.6. The third-order valence-electron chi connectivity index (χ3n) is 3.57. The van der Waals surface area contributed by atoms with E-state index in [1.807, 2.05) is 25.1 Å². The molecule has 1 saturated carbocycles. The molecule has 1 unspecified atom stereocenters. The largest absolute Gasteiger partial charge is 0.446 e. The maximum absolute atomic E-state index is 11.8. The first-order chi connectivity index (χ1) is 8.66. The molecular formula is C15H21NO2. The molecule has 1 amide bonds. The Morgan fingerprint density at radius 1 is 1.33 bits per heavy atom. The number of carbonyl (C=O) groups is 1. The molecule has 0 radical (unpaired) electrons. The van der Waals surface area contributed by atoms with Crippen LogP contribution >= 0.6 is 0 Å². The van der Waals surface area contributed by atoms with Crippen molar-refractivity contribution in [2.75, 3.05) is 0 Å². The Morgan fingerprint density at radius 3 is 2.67 bits per heavy atom. The average molecular weight is 247 g/mol. The van der Waals surface area contributed by atoms with Gasteiger partial charge in [-0.05, 0) is 50.7 Å². The van der Waals surface area contributed by atoms with Crippen LogP contribution in [-0.4, -0.2) is 12.2 Å². The maximum atomic E-state index is 11.8. The van der Waals surface area contributed by atoms with Crippen LogP contribution in [0.15, 0.2) is 24.3 Å². The van der Waals surface area contributed by atoms with Crippen molar-refractivity contribution in [1.82, 2.24) is 5.32 Å². The lowest BCUT2D eigenvalue weighted by molar-refractivity contribution is 0.0984. The first-order valence-corrected chi connectivity index (χ1v) is 6.69. The van der Waals surface area contributed by atoms with Crippen molar-refractivity contribution in [3.05, 3.63) is 35.4 Å². The van der Waals surface area contributed by atoms with Gasteiger partial charge in [-0.25, -0.2) is 4.79 Å². The maximum Gasteiger partial charge on any atom is 0.407 e. The van der Waals surface area contributed by atoms with E-state index in [0.717, 1.165) is 18.4 Å². The molecule has 1 fully saturated rings. The number of benzene rings is 1. The fourth-order valence-electron chi connectivity index (χ4n) is 2.52. The topological polar surface area (TPSA) is 38.3 Å². The summed E-state index contributed by atoms with van der Waals surface area (Å²) >= 11 is 0. The molecule has 0 heterocycles. The molecule has 0 saturated heterocycles. The van der Waals surface area contributed by atoms with Crippen LogP contribution in [0.1, 0.15) is 49.8 Å². The lowest BCUT2D eigenvalue weighted by atomic mass is 10.0. The average Bonchev–Trinajstić information content (AvgIpc) is 2.82. The first kappa shape index (κ1) is 12.9. The molecule has 3 nitrogen and oxygen atoms in total. The Hall–Kier alpha value is -1.51. The van der Waals surface area contributed by atoms with Crippen molar-refractivity contribution >= 4 is 6.09 Å². The first-order valence-electron chi connectivity index (χ1n) is 6.69. The number of rotatable bonds is 3. The van der Waals surface area contributed by atoms with Crippen LogP contribution in [-0.2, 0) is 4.74 Å². The smallest absolute Gasteiger partial charge is 0.407 e. The molecule has 0 spiro atoms. The summed E-state index contributed by atoms with van der Waals surface area (Å²) in [5, 5.41) is 2.90. The second kappa shape index (κ2) is 5.89. The molecule has 18 heavy (non-hydrogen) atoms. The van der Waals surface area contributed by atoms with E-state index in [9.17, 15) is 4.79 Å². The van der Waals surface area contributed by atoms with E-state index < -0.39 is 0 Å². The van der Waals surface area contributed by atoms with Gasteiger partial charge in [0.1, 0.15) is 6.10 Å². The van der Waals surface area contributed by atoms with E-state index in [2.05, 4.69) is 18.3 Å². The highest BCUT2D eigenvalue weighted by Crippen LogP contribution is 2.22. The highest BCUT2D eigenvalue weighted by Gasteiger charge is 2.20. The standard InChI is InChI=1S/C15H21NO2/c1-11-7-3-6-10-14(11)12(2)16-15(17)18-13-8-4-5-9-13/h3,6-7,10,12-13H,4-5,8-9H2,1-2H3,(H,16,17). The van der Waals surface area contributed by atoms with Gasteiger partial charge in [0.2, 0.25) is 0 Å². The third-order valence-corrected chi connectivity index (χ3v) is 3.57. The SMILES string of the molecule is Cc1ccccc1C(C)NC(=O)OC1CCCC1. The number of hydrogen-bond donors (Lipinski definition) is 1. The molecule has 0 aliphatic heterocycles. The van der Waals surface area contributed by atoms with E-state index in [-0.39, 0.29) is 18.2 Å². The molecular weight excluding hydrogens is 226 g/mol. The fourth-order valence-corrected chi connectivity index (χ4v) is 2.52. The zero-order valence-electron chi connectivity index (χ0n) is 11.1. The van der Waals surface area contributed by atoms with Gasteiger partial charge in [0.25, 0.3) is 0 Å². The molecule has 98 valence electrons. The number of hydrogen-bond acceptors (Lipinski definition) is 2. The number of carbonyl (C=O) groups excluding carboxylic acids is 1. The van der Waals surface area contributed by atoms with Crippen LogP contribution in [0.2, 0.25) is 0 Å².